The third kappa shape index (κ3) is 54.5. The predicted octanol–water partition coefficient (Wildman–Crippen LogP) is 17.2. The van der Waals surface area contributed by atoms with Crippen molar-refractivity contribution < 1.29 is 37.3 Å². The van der Waals surface area contributed by atoms with E-state index < -0.39 is 13.9 Å². The maximum atomic E-state index is 12.8. The Kier molecular flexibility index (Phi) is 48.3. The molecule has 0 aliphatic carbocycles. The van der Waals surface area contributed by atoms with Gasteiger partial charge in [-0.25, -0.2) is 4.57 Å². The quantitative estimate of drug-likeness (QED) is 0.0213. The van der Waals surface area contributed by atoms with Crippen molar-refractivity contribution in [2.45, 2.75) is 225 Å². The van der Waals surface area contributed by atoms with E-state index in [1.54, 1.807) is 0 Å². The highest BCUT2D eigenvalue weighted by molar-refractivity contribution is 7.47. The molecular formula is C58H105NO7P+. The lowest BCUT2D eigenvalue weighted by Crippen LogP contribution is -2.37. The molecule has 8 nitrogen and oxygen atoms in total. The molecule has 0 saturated carbocycles. The normalized spacial score (nSPS) is 14.2. The largest absolute Gasteiger partial charge is 0.472 e. The molecule has 0 saturated heterocycles. The van der Waals surface area contributed by atoms with Crippen molar-refractivity contribution in [3.63, 3.8) is 0 Å². The van der Waals surface area contributed by atoms with Crippen LogP contribution >= 0.6 is 7.82 Å². The van der Waals surface area contributed by atoms with E-state index in [9.17, 15) is 14.3 Å². The van der Waals surface area contributed by atoms with Crippen LogP contribution in [-0.2, 0) is 27.9 Å². The van der Waals surface area contributed by atoms with Crippen molar-refractivity contribution in [2.75, 3.05) is 54.1 Å². The fourth-order valence-electron chi connectivity index (χ4n) is 7.26. The van der Waals surface area contributed by atoms with E-state index in [0.29, 0.717) is 24.1 Å². The summed E-state index contributed by atoms with van der Waals surface area (Å²) in [4.78, 5) is 23.0. The van der Waals surface area contributed by atoms with Crippen LogP contribution in [0.1, 0.15) is 219 Å². The van der Waals surface area contributed by atoms with Crippen LogP contribution in [0.25, 0.3) is 0 Å². The van der Waals surface area contributed by atoms with Gasteiger partial charge in [0.1, 0.15) is 19.3 Å². The number of likely N-dealkylation sites (N-methyl/N-ethyl adjacent to an activating group) is 1. The molecule has 0 amide bonds. The molecular weight excluding hydrogens is 854 g/mol. The average Bonchev–Trinajstić information content (AvgIpc) is 3.29. The van der Waals surface area contributed by atoms with Gasteiger partial charge in [-0.3, -0.25) is 13.8 Å². The smallest absolute Gasteiger partial charge is 0.457 e. The molecule has 0 fully saturated rings. The number of nitrogens with zero attached hydrogens (tertiary/aromatic N) is 1. The minimum Gasteiger partial charge on any atom is -0.457 e. The van der Waals surface area contributed by atoms with Gasteiger partial charge < -0.3 is 18.9 Å². The molecule has 0 bridgehead atoms. The third-order valence-electron chi connectivity index (χ3n) is 11.4. The van der Waals surface area contributed by atoms with Gasteiger partial charge in [-0.1, -0.05) is 208 Å². The fourth-order valence-corrected chi connectivity index (χ4v) is 8.00. The monoisotopic (exact) mass is 959 g/mol. The van der Waals surface area contributed by atoms with Gasteiger partial charge in [-0.2, -0.15) is 0 Å². The van der Waals surface area contributed by atoms with Crippen LogP contribution in [0.5, 0.6) is 0 Å². The minimum atomic E-state index is -4.29. The van der Waals surface area contributed by atoms with Gasteiger partial charge in [-0.05, 0) is 89.9 Å². The Hall–Kier alpha value is -2.32. The maximum absolute atomic E-state index is 12.8. The van der Waals surface area contributed by atoms with E-state index in [1.165, 1.54) is 128 Å². The van der Waals surface area contributed by atoms with Crippen molar-refractivity contribution in [3.8, 4) is 0 Å². The summed E-state index contributed by atoms with van der Waals surface area (Å²) in [5.41, 5.74) is 0. The molecule has 2 atom stereocenters. The van der Waals surface area contributed by atoms with E-state index in [-0.39, 0.29) is 25.8 Å². The number of esters is 1. The number of ether oxygens (including phenoxy) is 2. The maximum Gasteiger partial charge on any atom is 0.472 e. The van der Waals surface area contributed by atoms with Crippen LogP contribution in [0.3, 0.4) is 0 Å². The number of phosphoric acid groups is 1. The number of phosphoric ester groups is 1. The Balaban J connectivity index is 4.12. The zero-order chi connectivity index (χ0) is 49.0. The molecule has 67 heavy (non-hydrogen) atoms. The Bertz CT molecular complexity index is 1340. The average molecular weight is 959 g/mol. The van der Waals surface area contributed by atoms with Gasteiger partial charge in [0, 0.05) is 13.0 Å². The Labute approximate surface area is 414 Å². The zero-order valence-corrected chi connectivity index (χ0v) is 45.0. The lowest BCUT2D eigenvalue weighted by Gasteiger charge is -2.24. The van der Waals surface area contributed by atoms with E-state index >= 15 is 0 Å². The highest BCUT2D eigenvalue weighted by Crippen LogP contribution is 2.43. The second kappa shape index (κ2) is 50.1. The van der Waals surface area contributed by atoms with Gasteiger partial charge in [0.05, 0.1) is 34.4 Å². The number of allylic oxidation sites excluding steroid dienone is 14. The SMILES string of the molecule is CC/C=C\C/C=C\C/C=C\C/C=C\C/C=C\CCCCCCCCCCCCOCC(COP(=O)(O)OCC[N+](C)(C)C)OC(=O)CCCCCCCCCCC/C=C\C/C=C\CCCCC. The third-order valence-corrected chi connectivity index (χ3v) is 12.4. The molecule has 1 N–H and O–H groups in total. The predicted molar refractivity (Wildman–Crippen MR) is 288 cm³/mol. The van der Waals surface area contributed by atoms with Gasteiger partial charge in [0.2, 0.25) is 0 Å². The van der Waals surface area contributed by atoms with Crippen molar-refractivity contribution in [1.82, 2.24) is 0 Å². The summed E-state index contributed by atoms with van der Waals surface area (Å²) in [7, 11) is 1.65. The molecule has 0 rings (SSSR count). The summed E-state index contributed by atoms with van der Waals surface area (Å²) < 4.78 is 35.2. The van der Waals surface area contributed by atoms with E-state index in [2.05, 4.69) is 98.9 Å². The van der Waals surface area contributed by atoms with Crippen LogP contribution in [0.2, 0.25) is 0 Å². The number of carbonyl (C=O) groups excluding carboxylic acids is 1. The van der Waals surface area contributed by atoms with Crippen LogP contribution in [0.4, 0.5) is 0 Å². The van der Waals surface area contributed by atoms with E-state index in [1.807, 2.05) is 21.1 Å². The summed E-state index contributed by atoms with van der Waals surface area (Å²) in [5.74, 6) is -0.321. The Morgan fingerprint density at radius 2 is 0.866 bits per heavy atom. The van der Waals surface area contributed by atoms with Crippen molar-refractivity contribution in [2.24, 2.45) is 0 Å². The number of hydrogen-bond donors (Lipinski definition) is 1. The molecule has 9 heteroatoms. The van der Waals surface area contributed by atoms with Crippen LogP contribution in [0.15, 0.2) is 85.1 Å². The first-order valence-electron chi connectivity index (χ1n) is 27.3. The second-order valence-electron chi connectivity index (χ2n) is 19.2. The number of carbonyl (C=O) groups is 1. The summed E-state index contributed by atoms with van der Waals surface area (Å²) >= 11 is 0. The van der Waals surface area contributed by atoms with Crippen LogP contribution < -0.4 is 0 Å². The molecule has 0 aromatic heterocycles. The standard InChI is InChI=1S/C58H104NO7P/c1-6-8-10-12-14-16-18-20-22-24-26-27-28-29-30-31-32-34-36-38-40-42-44-46-48-50-53-63-55-57(56-65-67(61,62)64-54-52-59(3,4)5)66-58(60)51-49-47-45-43-41-39-37-35-33-25-23-21-19-17-15-13-11-9-7-2/h8,10,14-17,20-23,26-27,29-30,57H,6-7,9,11-13,18-19,24-25,28,31-56H2,1-5H3/p+1/b10-8-,16-14-,17-15-,22-20-,23-21-,27-26-,30-29-. The number of hydrogen-bond acceptors (Lipinski definition) is 6. The van der Waals surface area contributed by atoms with Crippen molar-refractivity contribution in [3.05, 3.63) is 85.1 Å². The lowest BCUT2D eigenvalue weighted by molar-refractivity contribution is -0.870. The van der Waals surface area contributed by atoms with Gasteiger partial charge >= 0.3 is 13.8 Å². The number of unbranched alkanes of at least 4 members (excludes halogenated alkanes) is 22. The summed E-state index contributed by atoms with van der Waals surface area (Å²) in [6.45, 7) is 5.47. The summed E-state index contributed by atoms with van der Waals surface area (Å²) in [6, 6.07) is 0. The molecule has 0 aliphatic heterocycles. The highest BCUT2D eigenvalue weighted by atomic mass is 31.2. The topological polar surface area (TPSA) is 91.3 Å². The second-order valence-corrected chi connectivity index (χ2v) is 20.7. The molecule has 0 aromatic rings. The molecule has 2 unspecified atom stereocenters. The van der Waals surface area contributed by atoms with Crippen LogP contribution in [-0.4, -0.2) is 75.6 Å². The zero-order valence-electron chi connectivity index (χ0n) is 44.1. The lowest BCUT2D eigenvalue weighted by atomic mass is 10.1. The molecule has 0 radical (unpaired) electrons. The van der Waals surface area contributed by atoms with Gasteiger partial charge in [-0.15, -0.1) is 0 Å². The van der Waals surface area contributed by atoms with E-state index in [0.717, 1.165) is 70.6 Å². The first kappa shape index (κ1) is 64.7. The molecule has 0 heterocycles. The summed E-state index contributed by atoms with van der Waals surface area (Å²) in [6.07, 6.45) is 67.7. The molecule has 388 valence electrons. The first-order chi connectivity index (χ1) is 32.6. The van der Waals surface area contributed by atoms with E-state index in [4.69, 9.17) is 18.5 Å². The Morgan fingerprint density at radius 1 is 0.478 bits per heavy atom. The van der Waals surface area contributed by atoms with Crippen molar-refractivity contribution in [1.29, 1.82) is 0 Å². The molecule has 0 aliphatic rings. The number of quaternary nitrogens is 1. The minimum absolute atomic E-state index is 0.0832. The molecule has 0 spiro atoms. The summed E-state index contributed by atoms with van der Waals surface area (Å²) in [5, 5.41) is 0. The fraction of sp³-hybridized carbons (Fsp3) is 0.741. The first-order valence-corrected chi connectivity index (χ1v) is 28.8. The van der Waals surface area contributed by atoms with Gasteiger partial charge in [0.25, 0.3) is 0 Å². The van der Waals surface area contributed by atoms with Crippen molar-refractivity contribution >= 4 is 13.8 Å². The number of rotatable bonds is 50. The molecule has 0 aromatic carbocycles. The Morgan fingerprint density at radius 3 is 1.30 bits per heavy atom. The highest BCUT2D eigenvalue weighted by Gasteiger charge is 2.26. The van der Waals surface area contributed by atoms with Gasteiger partial charge in [0.15, 0.2) is 0 Å². The van der Waals surface area contributed by atoms with Crippen LogP contribution in [0, 0.1) is 0 Å².